The van der Waals surface area contributed by atoms with E-state index in [1.807, 2.05) is 43.0 Å². The van der Waals surface area contributed by atoms with E-state index in [2.05, 4.69) is 15.1 Å². The molecule has 0 N–H and O–H groups in total. The van der Waals surface area contributed by atoms with Crippen molar-refractivity contribution < 1.29 is 13.2 Å². The molecule has 0 aliphatic carbocycles. The molecule has 3 heterocycles. The fraction of sp³-hybridized carbons (Fsp3) is 0.429. The van der Waals surface area contributed by atoms with Gasteiger partial charge in [0.2, 0.25) is 5.91 Å². The Kier molecular flexibility index (Phi) is 5.31. The Morgan fingerprint density at radius 1 is 1.13 bits per heavy atom. The van der Waals surface area contributed by atoms with E-state index in [9.17, 15) is 13.2 Å². The highest BCUT2D eigenvalue weighted by molar-refractivity contribution is 7.90. The number of carbonyl (C=O) groups excluding carboxylic acids is 1. The molecule has 1 fully saturated rings. The summed E-state index contributed by atoms with van der Waals surface area (Å²) in [5.41, 5.74) is 2.78. The molecule has 1 aliphatic rings. The van der Waals surface area contributed by atoms with Crippen molar-refractivity contribution in [3.05, 3.63) is 53.6 Å². The number of fused-ring (bicyclic) bond motifs is 1. The second-order valence-electron chi connectivity index (χ2n) is 7.98. The molecule has 1 aliphatic heterocycles. The molecule has 1 atom stereocenters. The molecule has 9 heteroatoms. The second kappa shape index (κ2) is 7.79. The Hall–Kier alpha value is -2.81. The monoisotopic (exact) mass is 427 g/mol. The maximum absolute atomic E-state index is 13.0. The van der Waals surface area contributed by atoms with Crippen LogP contribution in [-0.4, -0.2) is 58.2 Å². The summed E-state index contributed by atoms with van der Waals surface area (Å²) < 4.78 is 26.2. The summed E-state index contributed by atoms with van der Waals surface area (Å²) in [6.07, 6.45) is 5.24. The minimum atomic E-state index is -3.47. The average molecular weight is 428 g/mol. The van der Waals surface area contributed by atoms with Gasteiger partial charge in [-0.15, -0.1) is 0 Å². The third-order valence-electron chi connectivity index (χ3n) is 5.85. The third-order valence-corrected chi connectivity index (χ3v) is 6.96. The number of hydrogen-bond acceptors (Lipinski definition) is 6. The van der Waals surface area contributed by atoms with Gasteiger partial charge in [0.15, 0.2) is 9.84 Å². The summed E-state index contributed by atoms with van der Waals surface area (Å²) in [6.45, 7) is 5.10. The van der Waals surface area contributed by atoms with Crippen molar-refractivity contribution in [2.75, 3.05) is 19.3 Å². The highest BCUT2D eigenvalue weighted by atomic mass is 32.2. The van der Waals surface area contributed by atoms with Gasteiger partial charge in [-0.05, 0) is 32.3 Å². The lowest BCUT2D eigenvalue weighted by molar-refractivity contribution is -0.133. The Morgan fingerprint density at radius 3 is 2.43 bits per heavy atom. The first-order chi connectivity index (χ1) is 14.3. The van der Waals surface area contributed by atoms with Gasteiger partial charge in [0.25, 0.3) is 5.78 Å². The van der Waals surface area contributed by atoms with E-state index in [4.69, 9.17) is 0 Å². The molecule has 158 valence electrons. The molecule has 8 nitrogen and oxygen atoms in total. The van der Waals surface area contributed by atoms with Crippen LogP contribution in [-0.2, 0) is 14.6 Å². The van der Waals surface area contributed by atoms with Gasteiger partial charge in [-0.3, -0.25) is 4.79 Å². The predicted molar refractivity (Wildman–Crippen MR) is 112 cm³/mol. The number of likely N-dealkylation sites (tertiary alicyclic amines) is 1. The van der Waals surface area contributed by atoms with E-state index >= 15 is 0 Å². The largest absolute Gasteiger partial charge is 0.342 e. The maximum Gasteiger partial charge on any atom is 0.252 e. The van der Waals surface area contributed by atoms with E-state index in [1.165, 1.54) is 23.3 Å². The highest BCUT2D eigenvalue weighted by Gasteiger charge is 2.31. The van der Waals surface area contributed by atoms with Gasteiger partial charge in [0.05, 0.1) is 17.8 Å². The van der Waals surface area contributed by atoms with Crippen LogP contribution in [0.3, 0.4) is 0 Å². The number of aromatic nitrogens is 4. The van der Waals surface area contributed by atoms with Crippen LogP contribution in [0.2, 0.25) is 0 Å². The summed E-state index contributed by atoms with van der Waals surface area (Å²) in [4.78, 5) is 23.3. The summed E-state index contributed by atoms with van der Waals surface area (Å²) in [5, 5.41) is 4.20. The van der Waals surface area contributed by atoms with Crippen LogP contribution in [0, 0.1) is 6.92 Å². The number of nitrogens with zero attached hydrogens (tertiary/aromatic N) is 5. The smallest absolute Gasteiger partial charge is 0.252 e. The Bertz CT molecular complexity index is 1180. The summed E-state index contributed by atoms with van der Waals surface area (Å²) in [6, 6.07) is 8.04. The van der Waals surface area contributed by atoms with Crippen LogP contribution in [0.5, 0.6) is 0 Å². The number of aryl methyl sites for hydroxylation is 1. The van der Waals surface area contributed by atoms with Crippen LogP contribution in [0.4, 0.5) is 0 Å². The van der Waals surface area contributed by atoms with Gasteiger partial charge in [-0.25, -0.2) is 13.4 Å². The molecule has 4 rings (SSSR count). The molecule has 0 bridgehead atoms. The molecule has 1 saturated heterocycles. The number of hydrogen-bond donors (Lipinski definition) is 0. The molecular formula is C21H25N5O3S. The molecule has 0 radical (unpaired) electrons. The average Bonchev–Trinajstić information content (AvgIpc) is 3.21. The number of benzene rings is 1. The first-order valence-electron chi connectivity index (χ1n) is 9.99. The van der Waals surface area contributed by atoms with Gasteiger partial charge in [-0.2, -0.15) is 14.6 Å². The standard InChI is InChI=1S/C21H25N5O3S/c1-14-4-6-16(7-5-14)15(2)20(27)25-10-8-17(9-11-25)19-18(30(3,28)29)12-22-21-23-13-24-26(19)21/h4-7,12-13,15,17H,8-11H2,1-3H3. The summed E-state index contributed by atoms with van der Waals surface area (Å²) in [7, 11) is -3.47. The number of rotatable bonds is 4. The predicted octanol–water partition coefficient (Wildman–Crippen LogP) is 2.35. The number of sulfone groups is 1. The topological polar surface area (TPSA) is 97.5 Å². The van der Waals surface area contributed by atoms with Crippen molar-refractivity contribution in [3.8, 4) is 0 Å². The van der Waals surface area contributed by atoms with E-state index in [0.29, 0.717) is 37.4 Å². The Balaban J connectivity index is 1.54. The van der Waals surface area contributed by atoms with Crippen LogP contribution < -0.4 is 0 Å². The minimum absolute atomic E-state index is 0.0411. The van der Waals surface area contributed by atoms with E-state index in [1.54, 1.807) is 0 Å². The normalized spacial score (nSPS) is 16.7. The van der Waals surface area contributed by atoms with Crippen molar-refractivity contribution in [1.29, 1.82) is 0 Å². The Labute approximate surface area is 175 Å². The quantitative estimate of drug-likeness (QED) is 0.634. The van der Waals surface area contributed by atoms with Gasteiger partial charge in [0, 0.05) is 25.3 Å². The van der Waals surface area contributed by atoms with Crippen LogP contribution >= 0.6 is 0 Å². The van der Waals surface area contributed by atoms with Crippen LogP contribution in [0.1, 0.15) is 48.4 Å². The van der Waals surface area contributed by atoms with Crippen molar-refractivity contribution >= 4 is 21.5 Å². The lowest BCUT2D eigenvalue weighted by atomic mass is 9.91. The summed E-state index contributed by atoms with van der Waals surface area (Å²) in [5.74, 6) is 0.225. The van der Waals surface area contributed by atoms with Gasteiger partial charge in [0.1, 0.15) is 11.2 Å². The first kappa shape index (κ1) is 20.5. The van der Waals surface area contributed by atoms with Crippen molar-refractivity contribution in [1.82, 2.24) is 24.5 Å². The molecule has 1 amide bonds. The van der Waals surface area contributed by atoms with Crippen LogP contribution in [0.25, 0.3) is 5.78 Å². The molecule has 1 aromatic carbocycles. The van der Waals surface area contributed by atoms with E-state index in [-0.39, 0.29) is 22.6 Å². The Morgan fingerprint density at radius 2 is 1.80 bits per heavy atom. The zero-order valence-corrected chi connectivity index (χ0v) is 18.1. The molecule has 2 aromatic heterocycles. The van der Waals surface area contributed by atoms with Crippen molar-refractivity contribution in [3.63, 3.8) is 0 Å². The highest BCUT2D eigenvalue weighted by Crippen LogP contribution is 2.33. The molecule has 0 saturated carbocycles. The zero-order valence-electron chi connectivity index (χ0n) is 17.3. The fourth-order valence-corrected chi connectivity index (χ4v) is 4.96. The van der Waals surface area contributed by atoms with Gasteiger partial charge < -0.3 is 4.90 Å². The first-order valence-corrected chi connectivity index (χ1v) is 11.9. The molecule has 1 unspecified atom stereocenters. The number of amides is 1. The van der Waals surface area contributed by atoms with Crippen molar-refractivity contribution in [2.45, 2.75) is 43.4 Å². The van der Waals surface area contributed by atoms with Gasteiger partial charge >= 0.3 is 0 Å². The van der Waals surface area contributed by atoms with E-state index < -0.39 is 9.84 Å². The summed E-state index contributed by atoms with van der Waals surface area (Å²) >= 11 is 0. The second-order valence-corrected chi connectivity index (χ2v) is 9.97. The van der Waals surface area contributed by atoms with Crippen molar-refractivity contribution in [2.24, 2.45) is 0 Å². The molecule has 0 spiro atoms. The van der Waals surface area contributed by atoms with Gasteiger partial charge in [-0.1, -0.05) is 29.8 Å². The lowest BCUT2D eigenvalue weighted by Crippen LogP contribution is -2.40. The molecule has 3 aromatic rings. The lowest BCUT2D eigenvalue weighted by Gasteiger charge is -2.34. The number of piperidine rings is 1. The third kappa shape index (κ3) is 3.81. The maximum atomic E-state index is 13.0. The SMILES string of the molecule is Cc1ccc(C(C)C(=O)N2CCC(c3c(S(C)(=O)=O)cnc4ncnn34)CC2)cc1. The van der Waals surface area contributed by atoms with Crippen LogP contribution in [0.15, 0.2) is 41.7 Å². The fourth-order valence-electron chi connectivity index (χ4n) is 4.08. The minimum Gasteiger partial charge on any atom is -0.342 e. The zero-order chi connectivity index (χ0) is 21.5. The molecular weight excluding hydrogens is 402 g/mol. The number of carbonyl (C=O) groups is 1. The van der Waals surface area contributed by atoms with E-state index in [0.717, 1.165) is 11.1 Å². The molecule has 30 heavy (non-hydrogen) atoms.